The molecule has 22 heavy (non-hydrogen) atoms. The van der Waals surface area contributed by atoms with Gasteiger partial charge in [0.1, 0.15) is 17.2 Å². The van der Waals surface area contributed by atoms with Crippen LogP contribution in [0.1, 0.15) is 5.56 Å². The minimum absolute atomic E-state index is 0.462. The molecule has 6 heteroatoms. The van der Waals surface area contributed by atoms with Gasteiger partial charge < -0.3 is 24.8 Å². The van der Waals surface area contributed by atoms with Gasteiger partial charge in [0, 0.05) is 31.3 Å². The second-order valence-corrected chi connectivity index (χ2v) is 5.01. The highest BCUT2D eigenvalue weighted by atomic mass is 16.5. The topological polar surface area (TPSA) is 80.7 Å². The molecule has 1 heterocycles. The van der Waals surface area contributed by atoms with E-state index in [0.29, 0.717) is 42.4 Å². The summed E-state index contributed by atoms with van der Waals surface area (Å²) in [5.41, 5.74) is 7.99. The van der Waals surface area contributed by atoms with Gasteiger partial charge in [0.05, 0.1) is 33.5 Å². The Morgan fingerprint density at radius 2 is 1.91 bits per heavy atom. The number of nitriles is 1. The number of hydrogen-bond donors (Lipinski definition) is 1. The lowest BCUT2D eigenvalue weighted by Gasteiger charge is -2.25. The lowest BCUT2D eigenvalue weighted by atomic mass is 10.0. The van der Waals surface area contributed by atoms with Crippen molar-refractivity contribution in [2.45, 2.75) is 6.42 Å². The van der Waals surface area contributed by atoms with Gasteiger partial charge in [-0.1, -0.05) is 0 Å². The number of nitrogens with two attached hydrogens (primary N) is 1. The summed E-state index contributed by atoms with van der Waals surface area (Å²) < 4.78 is 15.8. The highest BCUT2D eigenvalue weighted by molar-refractivity contribution is 5.64. The minimum Gasteiger partial charge on any atom is -0.494 e. The highest BCUT2D eigenvalue weighted by Crippen LogP contribution is 2.33. The van der Waals surface area contributed by atoms with E-state index in [2.05, 4.69) is 11.0 Å². The highest BCUT2D eigenvalue weighted by Gasteiger charge is 2.12. The van der Waals surface area contributed by atoms with E-state index in [1.807, 2.05) is 18.3 Å². The van der Waals surface area contributed by atoms with E-state index in [9.17, 15) is 5.26 Å². The van der Waals surface area contributed by atoms with Crippen LogP contribution in [0.4, 0.5) is 5.69 Å². The van der Waals surface area contributed by atoms with Gasteiger partial charge in [-0.05, 0) is 17.7 Å². The number of hydrogen-bond acceptors (Lipinski definition) is 6. The van der Waals surface area contributed by atoms with E-state index in [-0.39, 0.29) is 0 Å². The van der Waals surface area contributed by atoms with Crippen LogP contribution in [0.15, 0.2) is 23.9 Å². The van der Waals surface area contributed by atoms with Gasteiger partial charge in [0.15, 0.2) is 0 Å². The van der Waals surface area contributed by atoms with Crippen LogP contribution >= 0.6 is 0 Å². The molecule has 118 valence electrons. The zero-order valence-electron chi connectivity index (χ0n) is 13.0. The van der Waals surface area contributed by atoms with Crippen LogP contribution < -0.4 is 15.2 Å². The largest absolute Gasteiger partial charge is 0.494 e. The monoisotopic (exact) mass is 303 g/mol. The maximum atomic E-state index is 9.36. The van der Waals surface area contributed by atoms with Crippen molar-refractivity contribution in [2.24, 2.45) is 0 Å². The zero-order chi connectivity index (χ0) is 15.9. The molecular formula is C16H21N3O3. The molecule has 1 aliphatic rings. The third-order valence-corrected chi connectivity index (χ3v) is 3.53. The van der Waals surface area contributed by atoms with E-state index in [1.165, 1.54) is 0 Å². The van der Waals surface area contributed by atoms with Crippen LogP contribution in [0.2, 0.25) is 0 Å². The lowest BCUT2D eigenvalue weighted by Crippen LogP contribution is -2.32. The van der Waals surface area contributed by atoms with Crippen molar-refractivity contribution in [3.8, 4) is 17.6 Å². The molecule has 1 aliphatic heterocycles. The van der Waals surface area contributed by atoms with Crippen LogP contribution in [0, 0.1) is 11.3 Å². The van der Waals surface area contributed by atoms with Crippen LogP contribution in [0.25, 0.3) is 0 Å². The third-order valence-electron chi connectivity index (χ3n) is 3.53. The number of nitrogens with zero attached hydrogens (tertiary/aromatic N) is 2. The quantitative estimate of drug-likeness (QED) is 0.657. The number of rotatable bonds is 5. The summed E-state index contributed by atoms with van der Waals surface area (Å²) >= 11 is 0. The summed E-state index contributed by atoms with van der Waals surface area (Å²) in [6.45, 7) is 3.00. The first-order chi connectivity index (χ1) is 10.7. The first-order valence-electron chi connectivity index (χ1n) is 7.11. The molecule has 1 saturated heterocycles. The summed E-state index contributed by atoms with van der Waals surface area (Å²) in [6.07, 6.45) is 2.40. The number of allylic oxidation sites excluding steroid dienone is 1. The molecule has 6 nitrogen and oxygen atoms in total. The molecule has 0 saturated carbocycles. The minimum atomic E-state index is 0.462. The summed E-state index contributed by atoms with van der Waals surface area (Å²) in [5, 5.41) is 9.36. The summed E-state index contributed by atoms with van der Waals surface area (Å²) in [6, 6.07) is 5.92. The van der Waals surface area contributed by atoms with Gasteiger partial charge in [-0.2, -0.15) is 5.26 Å². The van der Waals surface area contributed by atoms with E-state index in [1.54, 1.807) is 14.2 Å². The van der Waals surface area contributed by atoms with Crippen molar-refractivity contribution >= 4 is 5.69 Å². The Labute approximate surface area is 130 Å². The first kappa shape index (κ1) is 16.0. The predicted octanol–water partition coefficient (Wildman–Crippen LogP) is 1.57. The molecule has 0 bridgehead atoms. The Hall–Kier alpha value is -2.39. The molecule has 0 radical (unpaired) electrons. The number of methoxy groups -OCH3 is 2. The van der Waals surface area contributed by atoms with Crippen molar-refractivity contribution in [1.82, 2.24) is 4.90 Å². The van der Waals surface area contributed by atoms with Gasteiger partial charge in [0.2, 0.25) is 0 Å². The number of morpholine rings is 1. The van der Waals surface area contributed by atoms with Crippen LogP contribution in [0.3, 0.4) is 0 Å². The Morgan fingerprint density at radius 1 is 1.32 bits per heavy atom. The molecule has 0 spiro atoms. The molecule has 0 unspecified atom stereocenters. The van der Waals surface area contributed by atoms with E-state index in [4.69, 9.17) is 19.9 Å². The molecule has 1 fully saturated rings. The molecule has 0 amide bonds. The Balaban J connectivity index is 2.20. The fraction of sp³-hybridized carbons (Fsp3) is 0.438. The Kier molecular flexibility index (Phi) is 5.50. The fourth-order valence-electron chi connectivity index (χ4n) is 2.36. The van der Waals surface area contributed by atoms with E-state index < -0.39 is 0 Å². The summed E-state index contributed by atoms with van der Waals surface area (Å²) in [4.78, 5) is 2.10. The lowest BCUT2D eigenvalue weighted by molar-refractivity contribution is 0.0591. The molecule has 0 aliphatic carbocycles. The smallest absolute Gasteiger partial charge is 0.145 e. The van der Waals surface area contributed by atoms with Gasteiger partial charge in [-0.15, -0.1) is 0 Å². The van der Waals surface area contributed by atoms with Crippen LogP contribution in [0.5, 0.6) is 11.5 Å². The van der Waals surface area contributed by atoms with Crippen molar-refractivity contribution < 1.29 is 14.2 Å². The summed E-state index contributed by atoms with van der Waals surface area (Å²) in [5.74, 6) is 1.11. The van der Waals surface area contributed by atoms with Gasteiger partial charge in [-0.25, -0.2) is 0 Å². The second kappa shape index (κ2) is 7.57. The number of anilines is 1. The standard InChI is InChI=1S/C16H21N3O3/c1-20-14-8-12(9-15(21-2)16(14)18)7-13(10-17)11-19-3-5-22-6-4-19/h8-9,11H,3-7,18H2,1-2H3/b13-11-. The molecule has 0 atom stereocenters. The van der Waals surface area contributed by atoms with Crippen molar-refractivity contribution in [3.63, 3.8) is 0 Å². The molecule has 1 aromatic carbocycles. The van der Waals surface area contributed by atoms with Crippen molar-refractivity contribution in [3.05, 3.63) is 29.5 Å². The van der Waals surface area contributed by atoms with Gasteiger partial charge in [0.25, 0.3) is 0 Å². The summed E-state index contributed by atoms with van der Waals surface area (Å²) in [7, 11) is 3.12. The van der Waals surface area contributed by atoms with Crippen molar-refractivity contribution in [2.75, 3.05) is 46.3 Å². The number of benzene rings is 1. The maximum absolute atomic E-state index is 9.36. The predicted molar refractivity (Wildman–Crippen MR) is 83.8 cm³/mol. The normalized spacial score (nSPS) is 15.3. The van der Waals surface area contributed by atoms with Crippen LogP contribution in [-0.2, 0) is 11.2 Å². The van der Waals surface area contributed by atoms with Gasteiger partial charge in [-0.3, -0.25) is 0 Å². The molecule has 2 N–H and O–H groups in total. The Bertz CT molecular complexity index is 562. The van der Waals surface area contributed by atoms with E-state index >= 15 is 0 Å². The van der Waals surface area contributed by atoms with Crippen molar-refractivity contribution in [1.29, 1.82) is 5.26 Å². The first-order valence-corrected chi connectivity index (χ1v) is 7.11. The molecule has 2 rings (SSSR count). The molecule has 1 aromatic rings. The maximum Gasteiger partial charge on any atom is 0.145 e. The van der Waals surface area contributed by atoms with E-state index in [0.717, 1.165) is 18.7 Å². The van der Waals surface area contributed by atoms with Crippen LogP contribution in [-0.4, -0.2) is 45.4 Å². The SMILES string of the molecule is COc1cc(C/C(C#N)=C/N2CCOCC2)cc(OC)c1N. The number of ether oxygens (including phenoxy) is 3. The second-order valence-electron chi connectivity index (χ2n) is 5.01. The van der Waals surface area contributed by atoms with Gasteiger partial charge >= 0.3 is 0 Å². The third kappa shape index (κ3) is 3.83. The fourth-order valence-corrected chi connectivity index (χ4v) is 2.36. The number of nitrogen functional groups attached to an aromatic ring is 1. The molecular weight excluding hydrogens is 282 g/mol. The average molecular weight is 303 g/mol. The average Bonchev–Trinajstić information content (AvgIpc) is 2.56. The Morgan fingerprint density at radius 3 is 2.41 bits per heavy atom. The molecule has 0 aromatic heterocycles. The zero-order valence-corrected chi connectivity index (χ0v) is 13.0.